The van der Waals surface area contributed by atoms with E-state index >= 15 is 0 Å². The maximum absolute atomic E-state index is 10.9. The number of halogens is 1. The van der Waals surface area contributed by atoms with Gasteiger partial charge >= 0.3 is 5.97 Å². The van der Waals surface area contributed by atoms with Crippen LogP contribution in [0.2, 0.25) is 5.02 Å². The summed E-state index contributed by atoms with van der Waals surface area (Å²) in [6.45, 7) is 1.86. The van der Waals surface area contributed by atoms with E-state index in [-0.39, 0.29) is 5.56 Å². The third-order valence-electron chi connectivity index (χ3n) is 2.52. The van der Waals surface area contributed by atoms with Crippen molar-refractivity contribution in [2.24, 2.45) is 7.05 Å². The lowest BCUT2D eigenvalue weighted by Crippen LogP contribution is -1.96. The Labute approximate surface area is 103 Å². The van der Waals surface area contributed by atoms with Crippen LogP contribution in [-0.4, -0.2) is 20.9 Å². The van der Waals surface area contributed by atoms with Crippen LogP contribution in [-0.2, 0) is 7.05 Å². The molecule has 1 N–H and O–H groups in total. The molecule has 0 saturated carbocycles. The van der Waals surface area contributed by atoms with Crippen molar-refractivity contribution in [3.8, 4) is 11.1 Å². The molecule has 0 radical (unpaired) electrons. The van der Waals surface area contributed by atoms with Crippen LogP contribution < -0.4 is 0 Å². The highest BCUT2D eigenvalue weighted by atomic mass is 35.5. The molecule has 1 aromatic carbocycles. The minimum absolute atomic E-state index is 0.215. The van der Waals surface area contributed by atoms with Gasteiger partial charge in [0, 0.05) is 29.4 Å². The first-order chi connectivity index (χ1) is 7.99. The van der Waals surface area contributed by atoms with Crippen LogP contribution in [0, 0.1) is 6.92 Å². The van der Waals surface area contributed by atoms with Crippen LogP contribution >= 0.6 is 11.6 Å². The van der Waals surface area contributed by atoms with E-state index in [0.717, 1.165) is 11.3 Å². The summed E-state index contributed by atoms with van der Waals surface area (Å²) in [5.41, 5.74) is 2.57. The second-order valence-corrected chi connectivity index (χ2v) is 4.21. The van der Waals surface area contributed by atoms with Crippen molar-refractivity contribution in [2.75, 3.05) is 0 Å². The lowest BCUT2D eigenvalue weighted by Gasteiger charge is -2.04. The summed E-state index contributed by atoms with van der Waals surface area (Å²) in [7, 11) is 1.81. The molecule has 4 nitrogen and oxygen atoms in total. The van der Waals surface area contributed by atoms with Gasteiger partial charge in [0.25, 0.3) is 0 Å². The fourth-order valence-corrected chi connectivity index (χ4v) is 1.95. The normalized spacial score (nSPS) is 10.5. The van der Waals surface area contributed by atoms with Gasteiger partial charge in [0.1, 0.15) is 0 Å². The van der Waals surface area contributed by atoms with Gasteiger partial charge in [-0.3, -0.25) is 4.68 Å². The first-order valence-corrected chi connectivity index (χ1v) is 5.40. The SMILES string of the molecule is Cc1nn(C)cc1-c1cc(C(=O)O)ccc1Cl. The number of carboxylic acids is 1. The number of carboxylic acid groups (broad SMARTS) is 1. The molecule has 1 aromatic heterocycles. The largest absolute Gasteiger partial charge is 0.478 e. The summed E-state index contributed by atoms with van der Waals surface area (Å²) in [5.74, 6) is -0.968. The second kappa shape index (κ2) is 4.22. The lowest BCUT2D eigenvalue weighted by molar-refractivity contribution is 0.0697. The van der Waals surface area contributed by atoms with Crippen LogP contribution in [0.4, 0.5) is 0 Å². The third-order valence-corrected chi connectivity index (χ3v) is 2.85. The molecule has 0 amide bonds. The van der Waals surface area contributed by atoms with Gasteiger partial charge in [0.2, 0.25) is 0 Å². The molecule has 0 spiro atoms. The number of aromatic carboxylic acids is 1. The zero-order chi connectivity index (χ0) is 12.6. The quantitative estimate of drug-likeness (QED) is 0.892. The molecular weight excluding hydrogens is 240 g/mol. The molecule has 2 rings (SSSR count). The number of hydrogen-bond acceptors (Lipinski definition) is 2. The van der Waals surface area contributed by atoms with Crippen molar-refractivity contribution in [3.63, 3.8) is 0 Å². The lowest BCUT2D eigenvalue weighted by atomic mass is 10.0. The van der Waals surface area contributed by atoms with Crippen molar-refractivity contribution in [1.82, 2.24) is 9.78 Å². The van der Waals surface area contributed by atoms with Gasteiger partial charge in [-0.05, 0) is 25.1 Å². The van der Waals surface area contributed by atoms with Crippen molar-refractivity contribution in [1.29, 1.82) is 0 Å². The van der Waals surface area contributed by atoms with Crippen molar-refractivity contribution in [2.45, 2.75) is 6.92 Å². The minimum Gasteiger partial charge on any atom is -0.478 e. The molecule has 0 saturated heterocycles. The van der Waals surface area contributed by atoms with Gasteiger partial charge in [0.05, 0.1) is 11.3 Å². The minimum atomic E-state index is -0.968. The highest BCUT2D eigenvalue weighted by Crippen LogP contribution is 2.30. The second-order valence-electron chi connectivity index (χ2n) is 3.80. The predicted molar refractivity (Wildman–Crippen MR) is 65.4 cm³/mol. The number of benzene rings is 1. The molecule has 0 aliphatic heterocycles. The van der Waals surface area contributed by atoms with Crippen LogP contribution in [0.5, 0.6) is 0 Å². The third kappa shape index (κ3) is 2.17. The summed E-state index contributed by atoms with van der Waals surface area (Å²) in [5, 5.41) is 13.7. The van der Waals surface area contributed by atoms with Crippen molar-refractivity contribution in [3.05, 3.63) is 40.7 Å². The Balaban J connectivity index is 2.62. The molecule has 5 heteroatoms. The monoisotopic (exact) mass is 250 g/mol. The van der Waals surface area contributed by atoms with Crippen molar-refractivity contribution >= 4 is 17.6 Å². The number of carbonyl (C=O) groups is 1. The summed E-state index contributed by atoms with van der Waals surface area (Å²) < 4.78 is 1.68. The van der Waals surface area contributed by atoms with Gasteiger partial charge in [-0.15, -0.1) is 0 Å². The maximum atomic E-state index is 10.9. The molecule has 17 heavy (non-hydrogen) atoms. The van der Waals surface area contributed by atoms with Crippen LogP contribution in [0.3, 0.4) is 0 Å². The topological polar surface area (TPSA) is 55.1 Å². The Morgan fingerprint density at radius 3 is 2.65 bits per heavy atom. The molecule has 88 valence electrons. The highest BCUT2D eigenvalue weighted by molar-refractivity contribution is 6.33. The van der Waals surface area contributed by atoms with Crippen LogP contribution in [0.1, 0.15) is 16.1 Å². The standard InChI is InChI=1S/C12H11ClN2O2/c1-7-10(6-15(2)14-7)9-5-8(12(16)17)3-4-11(9)13/h3-6H,1-2H3,(H,16,17). The average molecular weight is 251 g/mol. The Kier molecular flexibility index (Phi) is 2.90. The van der Waals surface area contributed by atoms with Gasteiger partial charge in [-0.1, -0.05) is 11.6 Å². The zero-order valence-electron chi connectivity index (χ0n) is 9.44. The number of nitrogens with zero attached hydrogens (tertiary/aromatic N) is 2. The molecule has 0 aliphatic rings. The number of hydrogen-bond donors (Lipinski definition) is 1. The van der Waals surface area contributed by atoms with Gasteiger partial charge in [0.15, 0.2) is 0 Å². The fourth-order valence-electron chi connectivity index (χ4n) is 1.73. The number of rotatable bonds is 2. The molecule has 0 bridgehead atoms. The summed E-state index contributed by atoms with van der Waals surface area (Å²) in [6, 6.07) is 4.64. The van der Waals surface area contributed by atoms with Gasteiger partial charge < -0.3 is 5.11 Å². The van der Waals surface area contributed by atoms with E-state index in [9.17, 15) is 4.79 Å². The molecule has 0 aliphatic carbocycles. The van der Waals surface area contributed by atoms with E-state index in [0.29, 0.717) is 10.6 Å². The Morgan fingerprint density at radius 1 is 1.41 bits per heavy atom. The zero-order valence-corrected chi connectivity index (χ0v) is 10.2. The molecule has 2 aromatic rings. The van der Waals surface area contributed by atoms with Crippen LogP contribution in [0.25, 0.3) is 11.1 Å². The molecule has 0 unspecified atom stereocenters. The Bertz CT molecular complexity index is 590. The first-order valence-electron chi connectivity index (χ1n) is 5.02. The summed E-state index contributed by atoms with van der Waals surface area (Å²) in [4.78, 5) is 10.9. The maximum Gasteiger partial charge on any atom is 0.335 e. The van der Waals surface area contributed by atoms with Crippen LogP contribution in [0.15, 0.2) is 24.4 Å². The van der Waals surface area contributed by atoms with E-state index in [4.69, 9.17) is 16.7 Å². The van der Waals surface area contributed by atoms with E-state index in [2.05, 4.69) is 5.10 Å². The highest BCUT2D eigenvalue weighted by Gasteiger charge is 2.12. The molecule has 0 atom stereocenters. The van der Waals surface area contributed by atoms with E-state index in [1.54, 1.807) is 16.8 Å². The van der Waals surface area contributed by atoms with E-state index in [1.165, 1.54) is 6.07 Å². The number of aryl methyl sites for hydroxylation is 2. The molecule has 1 heterocycles. The first kappa shape index (κ1) is 11.7. The fraction of sp³-hybridized carbons (Fsp3) is 0.167. The Hall–Kier alpha value is -1.81. The summed E-state index contributed by atoms with van der Waals surface area (Å²) in [6.07, 6.45) is 1.82. The number of aromatic nitrogens is 2. The van der Waals surface area contributed by atoms with E-state index < -0.39 is 5.97 Å². The van der Waals surface area contributed by atoms with Gasteiger partial charge in [-0.2, -0.15) is 5.10 Å². The smallest absolute Gasteiger partial charge is 0.335 e. The molecular formula is C12H11ClN2O2. The predicted octanol–water partition coefficient (Wildman–Crippen LogP) is 2.75. The molecule has 0 fully saturated rings. The average Bonchev–Trinajstić information content (AvgIpc) is 2.58. The Morgan fingerprint density at radius 2 is 2.12 bits per heavy atom. The van der Waals surface area contributed by atoms with Crippen molar-refractivity contribution < 1.29 is 9.90 Å². The summed E-state index contributed by atoms with van der Waals surface area (Å²) >= 11 is 6.09. The van der Waals surface area contributed by atoms with E-state index in [1.807, 2.05) is 20.2 Å². The van der Waals surface area contributed by atoms with Gasteiger partial charge in [-0.25, -0.2) is 4.79 Å².